The van der Waals surface area contributed by atoms with Gasteiger partial charge in [-0.2, -0.15) is 8.42 Å². The second-order valence-corrected chi connectivity index (χ2v) is 5.87. The molecule has 0 N–H and O–H groups in total. The van der Waals surface area contributed by atoms with Crippen LogP contribution in [0.4, 0.5) is 9.57 Å². The molecule has 1 amide bonds. The third-order valence-corrected chi connectivity index (χ3v) is 4.00. The van der Waals surface area contributed by atoms with Gasteiger partial charge in [-0.25, -0.2) is 9.97 Å². The lowest BCUT2D eigenvalue weighted by molar-refractivity contribution is -0.117. The number of hydrogen-bond acceptors (Lipinski definition) is 5. The van der Waals surface area contributed by atoms with E-state index in [1.165, 1.54) is 6.20 Å². The molecule has 9 heteroatoms. The van der Waals surface area contributed by atoms with Gasteiger partial charge in [0, 0.05) is 13.0 Å². The van der Waals surface area contributed by atoms with Gasteiger partial charge in [0.25, 0.3) is 0 Å². The van der Waals surface area contributed by atoms with E-state index in [1.807, 2.05) is 0 Å². The smallest absolute Gasteiger partial charge is 0.307 e. The van der Waals surface area contributed by atoms with E-state index in [4.69, 9.17) is 11.6 Å². The summed E-state index contributed by atoms with van der Waals surface area (Å²) >= 11 is 5.58. The van der Waals surface area contributed by atoms with Crippen LogP contribution in [-0.4, -0.2) is 36.1 Å². The molecule has 6 nitrogen and oxygen atoms in total. The van der Waals surface area contributed by atoms with Crippen LogP contribution in [0, 0.1) is 6.92 Å². The largest absolute Gasteiger partial charge is 0.308 e. The Labute approximate surface area is 108 Å². The molecule has 98 valence electrons. The number of hydrogen-bond donors (Lipinski definition) is 0. The van der Waals surface area contributed by atoms with E-state index in [-0.39, 0.29) is 18.2 Å². The van der Waals surface area contributed by atoms with Gasteiger partial charge < -0.3 is 4.90 Å². The number of aryl methyl sites for hydroxylation is 1. The highest BCUT2D eigenvalue weighted by Gasteiger charge is 2.39. The van der Waals surface area contributed by atoms with Crippen molar-refractivity contribution in [3.05, 3.63) is 17.2 Å². The van der Waals surface area contributed by atoms with Gasteiger partial charge in [-0.15, -0.1) is 3.89 Å². The number of carbonyl (C=O) groups excluding carboxylic acids is 1. The SMILES string of the molecule is Cc1nc(Cl)ncc1N1CC(S(=O)(=O)F)CC1=O. The first-order valence-electron chi connectivity index (χ1n) is 5.02. The maximum atomic E-state index is 12.9. The van der Waals surface area contributed by atoms with Crippen LogP contribution in [0.2, 0.25) is 5.28 Å². The second-order valence-electron chi connectivity index (χ2n) is 3.92. The molecule has 1 aromatic heterocycles. The average molecular weight is 294 g/mol. The average Bonchev–Trinajstić information content (AvgIpc) is 2.60. The Hall–Kier alpha value is -1.28. The lowest BCUT2D eigenvalue weighted by Crippen LogP contribution is -2.28. The Morgan fingerprint density at radius 3 is 2.72 bits per heavy atom. The van der Waals surface area contributed by atoms with Crippen molar-refractivity contribution in [1.29, 1.82) is 0 Å². The molecule has 1 aromatic rings. The zero-order valence-corrected chi connectivity index (χ0v) is 10.9. The lowest BCUT2D eigenvalue weighted by atomic mass is 10.3. The molecule has 1 unspecified atom stereocenters. The third-order valence-electron chi connectivity index (χ3n) is 2.70. The van der Waals surface area contributed by atoms with E-state index in [9.17, 15) is 17.1 Å². The van der Waals surface area contributed by atoms with Crippen LogP contribution in [0.5, 0.6) is 0 Å². The van der Waals surface area contributed by atoms with Crippen LogP contribution < -0.4 is 4.90 Å². The predicted octanol–water partition coefficient (Wildman–Crippen LogP) is 0.843. The van der Waals surface area contributed by atoms with Crippen molar-refractivity contribution >= 4 is 33.4 Å². The van der Waals surface area contributed by atoms with Crippen LogP contribution in [0.15, 0.2) is 6.20 Å². The van der Waals surface area contributed by atoms with E-state index >= 15 is 0 Å². The molecule has 0 bridgehead atoms. The monoisotopic (exact) mass is 293 g/mol. The third kappa shape index (κ3) is 2.44. The highest BCUT2D eigenvalue weighted by atomic mass is 35.5. The van der Waals surface area contributed by atoms with Crippen molar-refractivity contribution in [3.63, 3.8) is 0 Å². The Balaban J connectivity index is 2.33. The summed E-state index contributed by atoms with van der Waals surface area (Å²) in [6, 6.07) is 0. The molecule has 1 aliphatic rings. The van der Waals surface area contributed by atoms with Gasteiger partial charge >= 0.3 is 10.2 Å². The van der Waals surface area contributed by atoms with Crippen molar-refractivity contribution in [3.8, 4) is 0 Å². The Morgan fingerprint density at radius 2 is 2.22 bits per heavy atom. The summed E-state index contributed by atoms with van der Waals surface area (Å²) in [5.74, 6) is -0.477. The molecule has 0 saturated carbocycles. The minimum Gasteiger partial charge on any atom is -0.308 e. The van der Waals surface area contributed by atoms with Crippen LogP contribution >= 0.6 is 11.6 Å². The van der Waals surface area contributed by atoms with Crippen molar-refractivity contribution in [2.24, 2.45) is 0 Å². The minimum atomic E-state index is -4.73. The van der Waals surface area contributed by atoms with Crippen LogP contribution in [0.1, 0.15) is 12.1 Å². The van der Waals surface area contributed by atoms with Crippen molar-refractivity contribution in [2.75, 3.05) is 11.4 Å². The summed E-state index contributed by atoms with van der Waals surface area (Å²) in [4.78, 5) is 20.4. The summed E-state index contributed by atoms with van der Waals surface area (Å²) in [6.07, 6.45) is 0.941. The highest BCUT2D eigenvalue weighted by molar-refractivity contribution is 7.87. The number of amides is 1. The Bertz CT molecular complexity index is 607. The fourth-order valence-electron chi connectivity index (χ4n) is 1.79. The summed E-state index contributed by atoms with van der Waals surface area (Å²) in [5.41, 5.74) is 0.774. The van der Waals surface area contributed by atoms with Gasteiger partial charge in [-0.05, 0) is 18.5 Å². The van der Waals surface area contributed by atoms with Gasteiger partial charge in [-0.3, -0.25) is 4.79 Å². The minimum absolute atomic E-state index is 0.0255. The first-order chi connectivity index (χ1) is 8.29. The fraction of sp³-hybridized carbons (Fsp3) is 0.444. The van der Waals surface area contributed by atoms with E-state index in [2.05, 4.69) is 9.97 Å². The van der Waals surface area contributed by atoms with Gasteiger partial charge in [0.2, 0.25) is 11.2 Å². The summed E-state index contributed by atoms with van der Waals surface area (Å²) in [7, 11) is -4.73. The molecule has 0 aliphatic carbocycles. The zero-order chi connectivity index (χ0) is 13.5. The molecule has 2 rings (SSSR count). The van der Waals surface area contributed by atoms with Crippen molar-refractivity contribution in [2.45, 2.75) is 18.6 Å². The first kappa shape index (κ1) is 13.2. The summed E-state index contributed by atoms with van der Waals surface area (Å²) in [6.45, 7) is 1.37. The van der Waals surface area contributed by atoms with Crippen LogP contribution in [0.3, 0.4) is 0 Å². The number of rotatable bonds is 2. The molecule has 0 radical (unpaired) electrons. The Morgan fingerprint density at radius 1 is 1.56 bits per heavy atom. The molecular formula is C9H9ClFN3O3S. The topological polar surface area (TPSA) is 80.2 Å². The molecule has 1 fully saturated rings. The maximum absolute atomic E-state index is 12.9. The van der Waals surface area contributed by atoms with Gasteiger partial charge in [-0.1, -0.05) is 0 Å². The van der Waals surface area contributed by atoms with Crippen LogP contribution in [0.25, 0.3) is 0 Å². The predicted molar refractivity (Wildman–Crippen MR) is 62.6 cm³/mol. The molecule has 1 aliphatic heterocycles. The van der Waals surface area contributed by atoms with Crippen molar-refractivity contribution in [1.82, 2.24) is 9.97 Å². The quantitative estimate of drug-likeness (QED) is 0.596. The molecule has 18 heavy (non-hydrogen) atoms. The van der Waals surface area contributed by atoms with Crippen LogP contribution in [-0.2, 0) is 15.0 Å². The molecule has 1 atom stereocenters. The maximum Gasteiger partial charge on any atom is 0.307 e. The second kappa shape index (κ2) is 4.43. The zero-order valence-electron chi connectivity index (χ0n) is 9.30. The molecule has 1 saturated heterocycles. The van der Waals surface area contributed by atoms with E-state index in [0.29, 0.717) is 11.4 Å². The van der Waals surface area contributed by atoms with Gasteiger partial charge in [0.15, 0.2) is 0 Å². The number of aromatic nitrogens is 2. The highest BCUT2D eigenvalue weighted by Crippen LogP contribution is 2.27. The fourth-order valence-corrected chi connectivity index (χ4v) is 2.64. The molecule has 0 spiro atoms. The standard InChI is InChI=1S/C9H9ClFN3O3S/c1-5-7(3-12-9(10)13-5)14-4-6(2-8(14)15)18(11,16)17/h3,6H,2,4H2,1H3. The lowest BCUT2D eigenvalue weighted by Gasteiger charge is -2.17. The number of anilines is 1. The number of nitrogens with zero attached hydrogens (tertiary/aromatic N) is 3. The van der Waals surface area contributed by atoms with E-state index < -0.39 is 21.4 Å². The summed E-state index contributed by atoms with van der Waals surface area (Å²) in [5, 5.41) is -1.31. The molecule has 0 aromatic carbocycles. The van der Waals surface area contributed by atoms with Crippen molar-refractivity contribution < 1.29 is 17.1 Å². The first-order valence-corrected chi connectivity index (χ1v) is 6.84. The normalized spacial score (nSPS) is 20.5. The van der Waals surface area contributed by atoms with Gasteiger partial charge in [0.05, 0.1) is 17.6 Å². The molecular weight excluding hydrogens is 285 g/mol. The van der Waals surface area contributed by atoms with E-state index in [1.54, 1.807) is 6.92 Å². The Kier molecular flexibility index (Phi) is 3.24. The number of carbonyl (C=O) groups is 1. The van der Waals surface area contributed by atoms with Gasteiger partial charge in [0.1, 0.15) is 5.25 Å². The number of halogens is 2. The summed E-state index contributed by atoms with van der Waals surface area (Å²) < 4.78 is 34.5. The van der Waals surface area contributed by atoms with E-state index in [0.717, 1.165) is 4.90 Å². The molecule has 2 heterocycles.